The van der Waals surface area contributed by atoms with Gasteiger partial charge in [-0.1, -0.05) is 203 Å². The maximum Gasteiger partial charge on any atom is 0.0467 e. The second kappa shape index (κ2) is 17.7. The third-order valence-electron chi connectivity index (χ3n) is 14.6. The molecule has 0 aliphatic heterocycles. The Bertz CT molecular complexity index is 2710. The Kier molecular flexibility index (Phi) is 12.1. The highest BCUT2D eigenvalue weighted by atomic mass is 15.1. The summed E-state index contributed by atoms with van der Waals surface area (Å²) in [4.78, 5) is 2.50. The van der Waals surface area contributed by atoms with Gasteiger partial charge in [0.05, 0.1) is 0 Å². The number of rotatable bonds is 11. The lowest BCUT2D eigenvalue weighted by Crippen LogP contribution is -2.25. The van der Waals surface area contributed by atoms with Crippen LogP contribution in [0.25, 0.3) is 44.5 Å². The van der Waals surface area contributed by atoms with E-state index in [1.807, 2.05) is 0 Å². The molecule has 1 nitrogen and oxygen atoms in total. The highest BCUT2D eigenvalue weighted by Gasteiger charge is 2.42. The van der Waals surface area contributed by atoms with E-state index >= 15 is 0 Å². The van der Waals surface area contributed by atoms with Gasteiger partial charge >= 0.3 is 0 Å². The van der Waals surface area contributed by atoms with Crippen molar-refractivity contribution in [1.82, 2.24) is 0 Å². The summed E-state index contributed by atoms with van der Waals surface area (Å²) in [5, 5.41) is 0. The number of fused-ring (bicyclic) bond motifs is 3. The average molecular weight is 840 g/mol. The summed E-state index contributed by atoms with van der Waals surface area (Å²) in [6.45, 7) is 18.6. The molecule has 0 bridgehead atoms. The van der Waals surface area contributed by atoms with Crippen LogP contribution in [-0.4, -0.2) is 0 Å². The largest absolute Gasteiger partial charge is 0.310 e. The molecule has 9 rings (SSSR count). The molecule has 326 valence electrons. The van der Waals surface area contributed by atoms with Gasteiger partial charge in [-0.05, 0) is 157 Å². The minimum absolute atomic E-state index is 0.00372. The Morgan fingerprint density at radius 1 is 0.438 bits per heavy atom. The zero-order valence-electron chi connectivity index (χ0n) is 39.9. The number of anilines is 3. The summed E-state index contributed by atoms with van der Waals surface area (Å²) in [7, 11) is 0. The predicted octanol–water partition coefficient (Wildman–Crippen LogP) is 18.7. The minimum Gasteiger partial charge on any atom is -0.310 e. The Labute approximate surface area is 385 Å². The van der Waals surface area contributed by atoms with Gasteiger partial charge in [0.25, 0.3) is 0 Å². The van der Waals surface area contributed by atoms with Crippen LogP contribution in [0.1, 0.15) is 147 Å². The molecule has 7 aromatic rings. The van der Waals surface area contributed by atoms with Gasteiger partial charge < -0.3 is 4.90 Å². The standard InChI is InChI=1S/C63H69N/c1-9-35-63(36-10-2)59-28-15-14-27-57(59)58-34-33-56(43-60(58)63)64(54-31-29-45(30-32-54)47-22-16-21-46(37-47)44-19-12-11-13-20-44)55-26-18-25-50(41-55)48-23-17-24-49(38-48)51-39-52(61(3,4)5)42-53(40-51)62(6,7)8/h14-18,21-34,37-44H,9-13,19-20,35-36H2,1-8H3. The first kappa shape index (κ1) is 43.6. The van der Waals surface area contributed by atoms with Crippen LogP contribution < -0.4 is 4.90 Å². The molecule has 2 aliphatic rings. The van der Waals surface area contributed by atoms with Crippen molar-refractivity contribution >= 4 is 17.1 Å². The van der Waals surface area contributed by atoms with E-state index in [4.69, 9.17) is 0 Å². The lowest BCUT2D eigenvalue weighted by Gasteiger charge is -2.33. The van der Waals surface area contributed by atoms with Crippen LogP contribution in [0.15, 0.2) is 158 Å². The summed E-state index contributed by atoms with van der Waals surface area (Å²) in [5.74, 6) is 0.685. The third-order valence-corrected chi connectivity index (χ3v) is 14.6. The van der Waals surface area contributed by atoms with Gasteiger partial charge in [0.1, 0.15) is 0 Å². The van der Waals surface area contributed by atoms with E-state index in [2.05, 4.69) is 218 Å². The molecule has 1 heteroatoms. The maximum atomic E-state index is 2.55. The predicted molar refractivity (Wildman–Crippen MR) is 277 cm³/mol. The van der Waals surface area contributed by atoms with Crippen LogP contribution in [0.5, 0.6) is 0 Å². The van der Waals surface area contributed by atoms with Gasteiger partial charge in [-0.3, -0.25) is 0 Å². The molecule has 0 atom stereocenters. The summed E-state index contributed by atoms with van der Waals surface area (Å²) >= 11 is 0. The molecule has 0 unspecified atom stereocenters. The van der Waals surface area contributed by atoms with Crippen molar-refractivity contribution in [2.75, 3.05) is 4.90 Å². The lowest BCUT2D eigenvalue weighted by molar-refractivity contribution is 0.436. The first-order valence-corrected chi connectivity index (χ1v) is 24.5. The smallest absolute Gasteiger partial charge is 0.0467 e. The van der Waals surface area contributed by atoms with E-state index in [9.17, 15) is 0 Å². The van der Waals surface area contributed by atoms with E-state index < -0.39 is 0 Å². The monoisotopic (exact) mass is 840 g/mol. The van der Waals surface area contributed by atoms with Crippen molar-refractivity contribution in [2.24, 2.45) is 0 Å². The first-order valence-electron chi connectivity index (χ1n) is 24.5. The quantitative estimate of drug-likeness (QED) is 0.125. The fraction of sp³-hybridized carbons (Fsp3) is 0.333. The molecule has 1 fully saturated rings. The summed E-state index contributed by atoms with van der Waals surface area (Å²) in [6.07, 6.45) is 11.3. The van der Waals surface area contributed by atoms with Crippen molar-refractivity contribution in [1.29, 1.82) is 0 Å². The molecule has 0 N–H and O–H groups in total. The molecular weight excluding hydrogens is 771 g/mol. The van der Waals surface area contributed by atoms with Gasteiger partial charge in [-0.15, -0.1) is 0 Å². The zero-order valence-corrected chi connectivity index (χ0v) is 39.9. The van der Waals surface area contributed by atoms with Crippen molar-refractivity contribution < 1.29 is 0 Å². The van der Waals surface area contributed by atoms with E-state index in [0.717, 1.165) is 31.4 Å². The van der Waals surface area contributed by atoms with Gasteiger partial charge in [0, 0.05) is 22.5 Å². The van der Waals surface area contributed by atoms with Gasteiger partial charge in [-0.2, -0.15) is 0 Å². The normalized spacial score (nSPS) is 14.9. The average Bonchev–Trinajstić information content (AvgIpc) is 3.57. The number of nitrogens with zero attached hydrogens (tertiary/aromatic N) is 1. The molecule has 1 saturated carbocycles. The topological polar surface area (TPSA) is 3.24 Å². The Morgan fingerprint density at radius 3 is 1.64 bits per heavy atom. The molecule has 0 aromatic heterocycles. The van der Waals surface area contributed by atoms with Crippen LogP contribution in [0.2, 0.25) is 0 Å². The van der Waals surface area contributed by atoms with Crippen molar-refractivity contribution in [3.05, 3.63) is 186 Å². The van der Waals surface area contributed by atoms with Crippen LogP contribution in [0, 0.1) is 0 Å². The van der Waals surface area contributed by atoms with Crippen LogP contribution >= 0.6 is 0 Å². The third kappa shape index (κ3) is 8.52. The van der Waals surface area contributed by atoms with E-state index in [-0.39, 0.29) is 16.2 Å². The summed E-state index contributed by atoms with van der Waals surface area (Å²) in [5.41, 5.74) is 21.2. The highest BCUT2D eigenvalue weighted by Crippen LogP contribution is 2.55. The Hall–Kier alpha value is -5.66. The van der Waals surface area contributed by atoms with Gasteiger partial charge in [-0.25, -0.2) is 0 Å². The second-order valence-corrected chi connectivity index (χ2v) is 21.1. The van der Waals surface area contributed by atoms with Crippen LogP contribution in [0.3, 0.4) is 0 Å². The van der Waals surface area contributed by atoms with E-state index in [0.29, 0.717) is 5.92 Å². The number of hydrogen-bond acceptors (Lipinski definition) is 1. The fourth-order valence-corrected chi connectivity index (χ4v) is 11.1. The zero-order chi connectivity index (χ0) is 44.6. The lowest BCUT2D eigenvalue weighted by atomic mass is 9.71. The maximum absolute atomic E-state index is 2.55. The molecule has 7 aromatic carbocycles. The highest BCUT2D eigenvalue weighted by molar-refractivity contribution is 5.87. The van der Waals surface area contributed by atoms with Crippen molar-refractivity contribution in [3.63, 3.8) is 0 Å². The molecule has 64 heavy (non-hydrogen) atoms. The van der Waals surface area contributed by atoms with Gasteiger partial charge in [0.2, 0.25) is 0 Å². The summed E-state index contributed by atoms with van der Waals surface area (Å²) < 4.78 is 0. The summed E-state index contributed by atoms with van der Waals surface area (Å²) in [6, 6.07) is 60.9. The number of benzene rings is 7. The Balaban J connectivity index is 1.15. The number of hydrogen-bond donors (Lipinski definition) is 0. The Morgan fingerprint density at radius 2 is 0.984 bits per heavy atom. The fourth-order valence-electron chi connectivity index (χ4n) is 11.1. The first-order chi connectivity index (χ1) is 30.9. The van der Waals surface area contributed by atoms with Crippen LogP contribution in [-0.2, 0) is 16.2 Å². The van der Waals surface area contributed by atoms with E-state index in [1.54, 1.807) is 0 Å². The second-order valence-electron chi connectivity index (χ2n) is 21.1. The SMILES string of the molecule is CCCC1(CCC)c2ccccc2-c2ccc(N(c3ccc(-c4cccc(C5CCCCC5)c4)cc3)c3cccc(-c4cccc(-c5cc(C(C)(C)C)cc(C(C)(C)C)c5)c4)c3)cc21. The molecule has 0 heterocycles. The van der Waals surface area contributed by atoms with E-state index in [1.165, 1.54) is 116 Å². The van der Waals surface area contributed by atoms with Crippen molar-refractivity contribution in [3.8, 4) is 44.5 Å². The van der Waals surface area contributed by atoms with Gasteiger partial charge in [0.15, 0.2) is 0 Å². The molecule has 0 saturated heterocycles. The van der Waals surface area contributed by atoms with Crippen LogP contribution in [0.4, 0.5) is 17.1 Å². The molecular formula is C63H69N. The minimum atomic E-state index is 0.00372. The molecule has 0 amide bonds. The molecule has 0 radical (unpaired) electrons. The molecule has 2 aliphatic carbocycles. The van der Waals surface area contributed by atoms with Crippen molar-refractivity contribution in [2.45, 2.75) is 135 Å². The molecule has 0 spiro atoms.